The van der Waals surface area contributed by atoms with Crippen molar-refractivity contribution in [3.63, 3.8) is 0 Å². The molecule has 0 aliphatic heterocycles. The van der Waals surface area contributed by atoms with Gasteiger partial charge >= 0.3 is 0 Å². The molecule has 0 spiro atoms. The molecule has 1 aromatic heterocycles. The summed E-state index contributed by atoms with van der Waals surface area (Å²) in [6.07, 6.45) is 1.60. The Balaban J connectivity index is 2.09. The number of rotatable bonds is 5. The SMILES string of the molecule is Cc1ccnc(NC(=O)C(NC(=O)c2ccc(F)cc2)C(C)C)c1. The summed E-state index contributed by atoms with van der Waals surface area (Å²) in [6.45, 7) is 5.56. The predicted octanol–water partition coefficient (Wildman–Crippen LogP) is 2.92. The molecular weight excluding hydrogens is 309 g/mol. The molecule has 1 heterocycles. The zero-order valence-corrected chi connectivity index (χ0v) is 13.8. The first-order chi connectivity index (χ1) is 11.4. The van der Waals surface area contributed by atoms with Gasteiger partial charge in [-0.25, -0.2) is 9.37 Å². The average molecular weight is 329 g/mol. The maximum absolute atomic E-state index is 12.9. The van der Waals surface area contributed by atoms with Crippen LogP contribution in [0, 0.1) is 18.7 Å². The third-order valence-electron chi connectivity index (χ3n) is 3.51. The van der Waals surface area contributed by atoms with Crippen molar-refractivity contribution in [1.82, 2.24) is 10.3 Å². The number of pyridine rings is 1. The van der Waals surface area contributed by atoms with Gasteiger partial charge in [0.05, 0.1) is 0 Å². The summed E-state index contributed by atoms with van der Waals surface area (Å²) in [6, 6.07) is 8.00. The lowest BCUT2D eigenvalue weighted by molar-refractivity contribution is -0.118. The number of hydrogen-bond donors (Lipinski definition) is 2. The molecule has 24 heavy (non-hydrogen) atoms. The molecule has 1 aromatic carbocycles. The lowest BCUT2D eigenvalue weighted by atomic mass is 10.0. The largest absolute Gasteiger partial charge is 0.340 e. The van der Waals surface area contributed by atoms with Crippen LogP contribution in [0.2, 0.25) is 0 Å². The van der Waals surface area contributed by atoms with Crippen molar-refractivity contribution in [2.75, 3.05) is 5.32 Å². The van der Waals surface area contributed by atoms with Gasteiger partial charge in [-0.2, -0.15) is 0 Å². The summed E-state index contributed by atoms with van der Waals surface area (Å²) in [5.41, 5.74) is 1.26. The van der Waals surface area contributed by atoms with Gasteiger partial charge in [-0.3, -0.25) is 9.59 Å². The number of nitrogens with zero attached hydrogens (tertiary/aromatic N) is 1. The number of aryl methyl sites for hydroxylation is 1. The van der Waals surface area contributed by atoms with Gasteiger partial charge in [-0.05, 0) is 54.8 Å². The van der Waals surface area contributed by atoms with Gasteiger partial charge in [0.1, 0.15) is 17.7 Å². The van der Waals surface area contributed by atoms with Crippen LogP contribution in [-0.4, -0.2) is 22.8 Å². The minimum Gasteiger partial charge on any atom is -0.340 e. The Morgan fingerprint density at radius 3 is 2.38 bits per heavy atom. The van der Waals surface area contributed by atoms with E-state index < -0.39 is 17.8 Å². The Labute approximate surface area is 140 Å². The molecule has 1 unspecified atom stereocenters. The van der Waals surface area contributed by atoms with Crippen molar-refractivity contribution in [3.05, 3.63) is 59.5 Å². The van der Waals surface area contributed by atoms with Crippen LogP contribution in [0.1, 0.15) is 29.8 Å². The van der Waals surface area contributed by atoms with E-state index in [-0.39, 0.29) is 11.8 Å². The zero-order chi connectivity index (χ0) is 17.7. The Bertz CT molecular complexity index is 729. The van der Waals surface area contributed by atoms with Crippen LogP contribution in [-0.2, 0) is 4.79 Å². The summed E-state index contributed by atoms with van der Waals surface area (Å²) < 4.78 is 12.9. The molecule has 5 nitrogen and oxygen atoms in total. The van der Waals surface area contributed by atoms with Crippen molar-refractivity contribution in [1.29, 1.82) is 0 Å². The second-order valence-electron chi connectivity index (χ2n) is 5.91. The monoisotopic (exact) mass is 329 g/mol. The van der Waals surface area contributed by atoms with Crippen LogP contribution in [0.5, 0.6) is 0 Å². The molecule has 0 radical (unpaired) electrons. The second-order valence-corrected chi connectivity index (χ2v) is 5.91. The van der Waals surface area contributed by atoms with E-state index in [1.165, 1.54) is 24.3 Å². The number of hydrogen-bond acceptors (Lipinski definition) is 3. The van der Waals surface area contributed by atoms with E-state index in [1.54, 1.807) is 12.3 Å². The molecule has 0 saturated heterocycles. The van der Waals surface area contributed by atoms with Crippen LogP contribution in [0.25, 0.3) is 0 Å². The van der Waals surface area contributed by atoms with Gasteiger partial charge in [0.15, 0.2) is 0 Å². The number of anilines is 1. The third-order valence-corrected chi connectivity index (χ3v) is 3.51. The Morgan fingerprint density at radius 2 is 1.79 bits per heavy atom. The molecule has 2 rings (SSSR count). The quantitative estimate of drug-likeness (QED) is 0.886. The van der Waals surface area contributed by atoms with Gasteiger partial charge in [0.25, 0.3) is 5.91 Å². The van der Waals surface area contributed by atoms with E-state index in [9.17, 15) is 14.0 Å². The van der Waals surface area contributed by atoms with Gasteiger partial charge in [-0.15, -0.1) is 0 Å². The molecule has 2 aromatic rings. The van der Waals surface area contributed by atoms with E-state index in [0.29, 0.717) is 11.4 Å². The van der Waals surface area contributed by atoms with Crippen molar-refractivity contribution in [2.45, 2.75) is 26.8 Å². The fraction of sp³-hybridized carbons (Fsp3) is 0.278. The van der Waals surface area contributed by atoms with Crippen LogP contribution >= 0.6 is 0 Å². The highest BCUT2D eigenvalue weighted by molar-refractivity contribution is 6.01. The number of nitrogens with one attached hydrogen (secondary N) is 2. The van der Waals surface area contributed by atoms with Gasteiger partial charge in [-0.1, -0.05) is 13.8 Å². The molecule has 0 bridgehead atoms. The second kappa shape index (κ2) is 7.68. The maximum Gasteiger partial charge on any atom is 0.251 e. The van der Waals surface area contributed by atoms with Crippen LogP contribution in [0.4, 0.5) is 10.2 Å². The molecule has 1 atom stereocenters. The fourth-order valence-corrected chi connectivity index (χ4v) is 2.17. The molecule has 2 N–H and O–H groups in total. The minimum absolute atomic E-state index is 0.126. The van der Waals surface area contributed by atoms with E-state index in [2.05, 4.69) is 15.6 Å². The van der Waals surface area contributed by atoms with Crippen molar-refractivity contribution >= 4 is 17.6 Å². The van der Waals surface area contributed by atoms with E-state index in [1.807, 2.05) is 26.8 Å². The van der Waals surface area contributed by atoms with E-state index >= 15 is 0 Å². The van der Waals surface area contributed by atoms with Crippen LogP contribution in [0.15, 0.2) is 42.6 Å². The van der Waals surface area contributed by atoms with E-state index in [4.69, 9.17) is 0 Å². The highest BCUT2D eigenvalue weighted by atomic mass is 19.1. The summed E-state index contributed by atoms with van der Waals surface area (Å²) in [7, 11) is 0. The first kappa shape index (κ1) is 17.6. The molecule has 126 valence electrons. The fourth-order valence-electron chi connectivity index (χ4n) is 2.17. The Morgan fingerprint density at radius 1 is 1.12 bits per heavy atom. The van der Waals surface area contributed by atoms with Gasteiger partial charge < -0.3 is 10.6 Å². The van der Waals surface area contributed by atoms with Gasteiger partial charge in [0, 0.05) is 11.8 Å². The molecule has 2 amide bonds. The van der Waals surface area contributed by atoms with Crippen molar-refractivity contribution in [2.24, 2.45) is 5.92 Å². The molecule has 0 aliphatic carbocycles. The number of aromatic nitrogens is 1. The average Bonchev–Trinajstić information content (AvgIpc) is 2.52. The molecular formula is C18H20FN3O2. The number of amides is 2. The first-order valence-electron chi connectivity index (χ1n) is 7.67. The molecule has 0 fully saturated rings. The summed E-state index contributed by atoms with van der Waals surface area (Å²) >= 11 is 0. The summed E-state index contributed by atoms with van der Waals surface area (Å²) in [5.74, 6) is -0.893. The Hall–Kier alpha value is -2.76. The first-order valence-corrected chi connectivity index (χ1v) is 7.67. The highest BCUT2D eigenvalue weighted by Crippen LogP contribution is 2.10. The molecule has 0 saturated carbocycles. The minimum atomic E-state index is -0.732. The van der Waals surface area contributed by atoms with Crippen LogP contribution in [0.3, 0.4) is 0 Å². The summed E-state index contributed by atoms with van der Waals surface area (Å²) in [4.78, 5) is 28.8. The van der Waals surface area contributed by atoms with Crippen LogP contribution < -0.4 is 10.6 Å². The maximum atomic E-state index is 12.9. The third kappa shape index (κ3) is 4.62. The standard InChI is InChI=1S/C18H20FN3O2/c1-11(2)16(18(24)21-15-10-12(3)8-9-20-15)22-17(23)13-4-6-14(19)7-5-13/h4-11,16H,1-3H3,(H,22,23)(H,20,21,24). The number of halogens is 1. The Kier molecular flexibility index (Phi) is 5.63. The summed E-state index contributed by atoms with van der Waals surface area (Å²) in [5, 5.41) is 5.39. The number of carbonyl (C=O) groups is 2. The normalized spacial score (nSPS) is 11.9. The van der Waals surface area contributed by atoms with Gasteiger partial charge in [0.2, 0.25) is 5.91 Å². The van der Waals surface area contributed by atoms with Crippen molar-refractivity contribution < 1.29 is 14.0 Å². The highest BCUT2D eigenvalue weighted by Gasteiger charge is 2.25. The lowest BCUT2D eigenvalue weighted by Crippen LogP contribution is -2.47. The molecule has 0 aliphatic rings. The number of benzene rings is 1. The topological polar surface area (TPSA) is 71.1 Å². The van der Waals surface area contributed by atoms with Crippen molar-refractivity contribution in [3.8, 4) is 0 Å². The molecule has 6 heteroatoms. The smallest absolute Gasteiger partial charge is 0.251 e. The predicted molar refractivity (Wildman–Crippen MR) is 90.1 cm³/mol. The lowest BCUT2D eigenvalue weighted by Gasteiger charge is -2.21. The number of carbonyl (C=O) groups excluding carboxylic acids is 2. The van der Waals surface area contributed by atoms with E-state index in [0.717, 1.165) is 5.56 Å². The zero-order valence-electron chi connectivity index (χ0n) is 13.8.